The molecule has 4 rings (SSSR count). The Morgan fingerprint density at radius 2 is 1.45 bits per heavy atom. The van der Waals surface area contributed by atoms with Gasteiger partial charge in [-0.3, -0.25) is 0 Å². The normalized spacial score (nSPS) is 19.4. The van der Waals surface area contributed by atoms with Gasteiger partial charge in [0.1, 0.15) is 5.82 Å². The van der Waals surface area contributed by atoms with Crippen LogP contribution in [0.3, 0.4) is 0 Å². The molecule has 2 nitrogen and oxygen atoms in total. The van der Waals surface area contributed by atoms with Gasteiger partial charge in [0.25, 0.3) is 0 Å². The summed E-state index contributed by atoms with van der Waals surface area (Å²) in [6.45, 7) is 1.90. The van der Waals surface area contributed by atoms with Gasteiger partial charge in [0.05, 0.1) is 0 Å². The fourth-order valence-corrected chi connectivity index (χ4v) is 4.39. The predicted octanol–water partition coefficient (Wildman–Crippen LogP) is 4.91. The van der Waals surface area contributed by atoms with Crippen molar-refractivity contribution in [3.8, 4) is 0 Å². The van der Waals surface area contributed by atoms with E-state index < -0.39 is 0 Å². The maximum absolute atomic E-state index is 13.0. The Kier molecular flexibility index (Phi) is 6.71. The average Bonchev–Trinajstić information content (AvgIpc) is 2.78. The van der Waals surface area contributed by atoms with Crippen molar-refractivity contribution >= 4 is 0 Å². The van der Waals surface area contributed by atoms with E-state index in [9.17, 15) is 4.39 Å². The van der Waals surface area contributed by atoms with E-state index in [1.54, 1.807) is 0 Å². The average molecular weight is 389 g/mol. The van der Waals surface area contributed by atoms with Gasteiger partial charge in [-0.1, -0.05) is 72.8 Å². The first-order valence-corrected chi connectivity index (χ1v) is 10.6. The van der Waals surface area contributed by atoms with E-state index in [2.05, 4.69) is 71.3 Å². The smallest absolute Gasteiger partial charge is 0.123 e. The molecule has 0 radical (unpaired) electrons. The quantitative estimate of drug-likeness (QED) is 0.601. The molecular weight excluding hydrogens is 359 g/mol. The van der Waals surface area contributed by atoms with Crippen molar-refractivity contribution in [3.63, 3.8) is 0 Å². The number of benzene rings is 3. The third-order valence-corrected chi connectivity index (χ3v) is 5.93. The fourth-order valence-electron chi connectivity index (χ4n) is 4.39. The minimum atomic E-state index is -0.171. The molecule has 0 bridgehead atoms. The van der Waals surface area contributed by atoms with Crippen LogP contribution in [0.2, 0.25) is 0 Å². The zero-order valence-corrected chi connectivity index (χ0v) is 16.7. The Morgan fingerprint density at radius 3 is 2.00 bits per heavy atom. The van der Waals surface area contributed by atoms with Gasteiger partial charge in [0, 0.05) is 24.5 Å². The molecule has 1 fully saturated rings. The summed E-state index contributed by atoms with van der Waals surface area (Å²) < 4.78 is 13.0. The summed E-state index contributed by atoms with van der Waals surface area (Å²) in [5, 5.41) is 7.48. The highest BCUT2D eigenvalue weighted by molar-refractivity contribution is 5.34. The zero-order valence-electron chi connectivity index (χ0n) is 16.7. The molecule has 1 heterocycles. The van der Waals surface area contributed by atoms with Crippen LogP contribution < -0.4 is 10.6 Å². The molecule has 0 unspecified atom stereocenters. The second-order valence-corrected chi connectivity index (χ2v) is 7.92. The summed E-state index contributed by atoms with van der Waals surface area (Å²) in [5.41, 5.74) is 3.92. The summed E-state index contributed by atoms with van der Waals surface area (Å²) in [7, 11) is 0. The molecule has 1 aliphatic rings. The van der Waals surface area contributed by atoms with Gasteiger partial charge in [-0.05, 0) is 54.6 Å². The van der Waals surface area contributed by atoms with Crippen LogP contribution in [0.4, 0.5) is 4.39 Å². The lowest BCUT2D eigenvalue weighted by Gasteiger charge is -2.36. The standard InChI is InChI=1S/C26H29FN2/c27-23-13-11-20(12-14-23)17-18-28-24-15-16-25(29-19-24)26(21-7-3-1-4-8-21)22-9-5-2-6-10-22/h1-14,24-26,28-29H,15-19H2/t24-,25-/m1/s1. The molecule has 29 heavy (non-hydrogen) atoms. The van der Waals surface area contributed by atoms with Crippen molar-refractivity contribution in [2.24, 2.45) is 0 Å². The van der Waals surface area contributed by atoms with E-state index in [4.69, 9.17) is 0 Å². The van der Waals surface area contributed by atoms with Gasteiger partial charge < -0.3 is 10.6 Å². The van der Waals surface area contributed by atoms with E-state index in [-0.39, 0.29) is 5.82 Å². The molecule has 3 heteroatoms. The number of rotatable bonds is 7. The molecule has 3 aromatic rings. The maximum Gasteiger partial charge on any atom is 0.123 e. The first-order valence-electron chi connectivity index (χ1n) is 10.6. The third kappa shape index (κ3) is 5.31. The molecule has 1 aliphatic heterocycles. The summed E-state index contributed by atoms with van der Waals surface area (Å²) in [5.74, 6) is 0.202. The first kappa shape index (κ1) is 19.8. The number of hydrogen-bond donors (Lipinski definition) is 2. The van der Waals surface area contributed by atoms with Gasteiger partial charge in [-0.15, -0.1) is 0 Å². The second kappa shape index (κ2) is 9.82. The number of piperidine rings is 1. The van der Waals surface area contributed by atoms with Gasteiger partial charge in [0.15, 0.2) is 0 Å². The van der Waals surface area contributed by atoms with Crippen LogP contribution >= 0.6 is 0 Å². The second-order valence-electron chi connectivity index (χ2n) is 7.92. The highest BCUT2D eigenvalue weighted by Gasteiger charge is 2.29. The van der Waals surface area contributed by atoms with E-state index in [1.165, 1.54) is 28.8 Å². The molecular formula is C26H29FN2. The molecule has 2 N–H and O–H groups in total. The van der Waals surface area contributed by atoms with Crippen molar-refractivity contribution in [2.45, 2.75) is 37.3 Å². The Morgan fingerprint density at radius 1 is 0.828 bits per heavy atom. The largest absolute Gasteiger partial charge is 0.312 e. The van der Waals surface area contributed by atoms with Crippen LogP contribution in [0.5, 0.6) is 0 Å². The van der Waals surface area contributed by atoms with Crippen LogP contribution in [0.1, 0.15) is 35.4 Å². The minimum Gasteiger partial charge on any atom is -0.312 e. The van der Waals surface area contributed by atoms with E-state index in [1.807, 2.05) is 12.1 Å². The lowest BCUT2D eigenvalue weighted by atomic mass is 9.81. The highest BCUT2D eigenvalue weighted by Crippen LogP contribution is 2.31. The molecule has 150 valence electrons. The van der Waals surface area contributed by atoms with Crippen molar-refractivity contribution in [3.05, 3.63) is 107 Å². The number of nitrogens with one attached hydrogen (secondary N) is 2. The van der Waals surface area contributed by atoms with Gasteiger partial charge in [-0.2, -0.15) is 0 Å². The van der Waals surface area contributed by atoms with E-state index in [0.717, 1.165) is 32.4 Å². The fraction of sp³-hybridized carbons (Fsp3) is 0.308. The zero-order chi connectivity index (χ0) is 19.9. The van der Waals surface area contributed by atoms with Gasteiger partial charge >= 0.3 is 0 Å². The molecule has 0 aliphatic carbocycles. The maximum atomic E-state index is 13.0. The number of halogens is 1. The summed E-state index contributed by atoms with van der Waals surface area (Å²) in [6.07, 6.45) is 3.23. The molecule has 0 saturated carbocycles. The molecule has 2 atom stereocenters. The van der Waals surface area contributed by atoms with Crippen molar-refractivity contribution in [2.75, 3.05) is 13.1 Å². The van der Waals surface area contributed by atoms with Crippen molar-refractivity contribution in [1.29, 1.82) is 0 Å². The SMILES string of the molecule is Fc1ccc(CCN[C@@H]2CC[C@H](C(c3ccccc3)c3ccccc3)NC2)cc1. The summed E-state index contributed by atoms with van der Waals surface area (Å²) in [6, 6.07) is 29.4. The summed E-state index contributed by atoms with van der Waals surface area (Å²) in [4.78, 5) is 0. The van der Waals surface area contributed by atoms with Crippen LogP contribution in [0.15, 0.2) is 84.9 Å². The Bertz CT molecular complexity index is 817. The van der Waals surface area contributed by atoms with Gasteiger partial charge in [-0.25, -0.2) is 4.39 Å². The minimum absolute atomic E-state index is 0.171. The number of hydrogen-bond acceptors (Lipinski definition) is 2. The van der Waals surface area contributed by atoms with E-state index in [0.29, 0.717) is 18.0 Å². The molecule has 1 saturated heterocycles. The Balaban J connectivity index is 1.34. The van der Waals surface area contributed by atoms with E-state index >= 15 is 0 Å². The topological polar surface area (TPSA) is 24.1 Å². The van der Waals surface area contributed by atoms with Crippen LogP contribution in [-0.2, 0) is 6.42 Å². The molecule has 0 aromatic heterocycles. The van der Waals surface area contributed by atoms with Crippen molar-refractivity contribution < 1.29 is 4.39 Å². The Hall–Kier alpha value is -2.49. The highest BCUT2D eigenvalue weighted by atomic mass is 19.1. The molecule has 0 amide bonds. The lowest BCUT2D eigenvalue weighted by molar-refractivity contribution is 0.309. The van der Waals surface area contributed by atoms with Crippen LogP contribution in [0, 0.1) is 5.82 Å². The Labute approximate surface area is 173 Å². The molecule has 3 aromatic carbocycles. The third-order valence-electron chi connectivity index (χ3n) is 5.93. The van der Waals surface area contributed by atoms with Crippen LogP contribution in [0.25, 0.3) is 0 Å². The van der Waals surface area contributed by atoms with Gasteiger partial charge in [0.2, 0.25) is 0 Å². The van der Waals surface area contributed by atoms with Crippen LogP contribution in [-0.4, -0.2) is 25.2 Å². The van der Waals surface area contributed by atoms with Crippen molar-refractivity contribution in [1.82, 2.24) is 10.6 Å². The monoisotopic (exact) mass is 388 g/mol. The predicted molar refractivity (Wildman–Crippen MR) is 118 cm³/mol. The first-order chi connectivity index (χ1) is 14.3. The lowest BCUT2D eigenvalue weighted by Crippen LogP contribution is -2.50. The summed E-state index contributed by atoms with van der Waals surface area (Å²) >= 11 is 0. The molecule has 0 spiro atoms.